The molecule has 0 fully saturated rings. The van der Waals surface area contributed by atoms with E-state index in [1.807, 2.05) is 0 Å². The maximum atomic E-state index is 13.8. The van der Waals surface area contributed by atoms with E-state index >= 15 is 0 Å². The molecule has 202 valence electrons. The lowest BCUT2D eigenvalue weighted by molar-refractivity contribution is -0.139. The highest BCUT2D eigenvalue weighted by molar-refractivity contribution is 7.92. The van der Waals surface area contributed by atoms with Crippen molar-refractivity contribution in [3.05, 3.63) is 92.4 Å². The number of benzene rings is 3. The van der Waals surface area contributed by atoms with E-state index in [1.165, 1.54) is 41.3 Å². The predicted octanol–water partition coefficient (Wildman–Crippen LogP) is 6.05. The van der Waals surface area contributed by atoms with Crippen LogP contribution >= 0.6 is 46.4 Å². The number of anilines is 1. The summed E-state index contributed by atoms with van der Waals surface area (Å²) in [6.45, 7) is 2.92. The van der Waals surface area contributed by atoms with E-state index in [-0.39, 0.29) is 27.2 Å². The Balaban J connectivity index is 2.08. The summed E-state index contributed by atoms with van der Waals surface area (Å²) in [5, 5.41) is 3.70. The third kappa shape index (κ3) is 7.12. The van der Waals surface area contributed by atoms with Gasteiger partial charge in [0.1, 0.15) is 12.6 Å². The zero-order valence-electron chi connectivity index (χ0n) is 20.5. The van der Waals surface area contributed by atoms with Crippen LogP contribution in [0.3, 0.4) is 0 Å². The Bertz CT molecular complexity index is 1420. The zero-order valence-corrected chi connectivity index (χ0v) is 24.3. The number of sulfonamides is 1. The van der Waals surface area contributed by atoms with Gasteiger partial charge in [-0.3, -0.25) is 13.9 Å². The van der Waals surface area contributed by atoms with Crippen molar-refractivity contribution in [1.82, 2.24) is 10.2 Å². The molecule has 0 aliphatic rings. The molecule has 3 aromatic rings. The van der Waals surface area contributed by atoms with E-state index in [0.29, 0.717) is 22.2 Å². The van der Waals surface area contributed by atoms with Gasteiger partial charge in [-0.25, -0.2) is 8.42 Å². The average molecular weight is 617 g/mol. The molecular formula is C26H25Cl4N3O4S. The lowest BCUT2D eigenvalue weighted by Crippen LogP contribution is -2.51. The highest BCUT2D eigenvalue weighted by atomic mass is 35.5. The summed E-state index contributed by atoms with van der Waals surface area (Å²) >= 11 is 24.9. The fraction of sp³-hybridized carbons (Fsp3) is 0.231. The summed E-state index contributed by atoms with van der Waals surface area (Å²) in [6.07, 6.45) is 0. The van der Waals surface area contributed by atoms with Crippen LogP contribution < -0.4 is 9.62 Å². The number of halogens is 4. The fourth-order valence-electron chi connectivity index (χ4n) is 3.65. The number of nitrogens with one attached hydrogen (secondary N) is 1. The van der Waals surface area contributed by atoms with Crippen molar-refractivity contribution in [3.8, 4) is 0 Å². The van der Waals surface area contributed by atoms with Crippen LogP contribution in [0.25, 0.3) is 0 Å². The highest BCUT2D eigenvalue weighted by Crippen LogP contribution is 2.33. The predicted molar refractivity (Wildman–Crippen MR) is 153 cm³/mol. The maximum absolute atomic E-state index is 13.8. The summed E-state index contributed by atoms with van der Waals surface area (Å²) in [6, 6.07) is 15.8. The Morgan fingerprint density at radius 2 is 1.53 bits per heavy atom. The van der Waals surface area contributed by atoms with Crippen molar-refractivity contribution >= 4 is 73.9 Å². The molecule has 38 heavy (non-hydrogen) atoms. The van der Waals surface area contributed by atoms with Gasteiger partial charge >= 0.3 is 0 Å². The van der Waals surface area contributed by atoms with Gasteiger partial charge in [0.15, 0.2) is 0 Å². The first-order valence-electron chi connectivity index (χ1n) is 11.5. The molecule has 3 rings (SSSR count). The van der Waals surface area contributed by atoms with E-state index in [2.05, 4.69) is 5.32 Å². The highest BCUT2D eigenvalue weighted by Gasteiger charge is 2.33. The Hall–Kier alpha value is -2.49. The molecule has 12 heteroatoms. The molecule has 0 saturated heterocycles. The number of rotatable bonds is 10. The number of hydrogen-bond donors (Lipinski definition) is 1. The number of likely N-dealkylation sites (N-methyl/N-ethyl adjacent to an activating group) is 1. The molecule has 0 aliphatic carbocycles. The van der Waals surface area contributed by atoms with Crippen LogP contribution in [0.4, 0.5) is 5.69 Å². The molecule has 3 aromatic carbocycles. The number of hydrogen-bond acceptors (Lipinski definition) is 4. The van der Waals surface area contributed by atoms with Crippen LogP contribution in [0.2, 0.25) is 20.1 Å². The van der Waals surface area contributed by atoms with E-state index < -0.39 is 34.4 Å². The second-order valence-electron chi connectivity index (χ2n) is 8.25. The van der Waals surface area contributed by atoms with Gasteiger partial charge in [0, 0.05) is 28.2 Å². The standard InChI is InChI=1S/C26H25Cl4N3O4S/c1-3-31-26(35)17(2)32(15-18-9-10-19(27)13-23(18)30)25(34)16-33(24-14-20(28)11-12-22(24)29)38(36,37)21-7-5-4-6-8-21/h4-14,17H,3,15-16H2,1-2H3,(H,31,35)/t17-/m0/s1. The molecule has 2 amide bonds. The van der Waals surface area contributed by atoms with Crippen LogP contribution in [0, 0.1) is 0 Å². The third-order valence-electron chi connectivity index (χ3n) is 5.66. The number of nitrogens with zero attached hydrogens (tertiary/aromatic N) is 2. The molecule has 1 atom stereocenters. The number of carbonyl (C=O) groups is 2. The van der Waals surface area contributed by atoms with Gasteiger partial charge in [-0.2, -0.15) is 0 Å². The Morgan fingerprint density at radius 1 is 0.895 bits per heavy atom. The summed E-state index contributed by atoms with van der Waals surface area (Å²) in [5.41, 5.74) is 0.547. The first-order chi connectivity index (χ1) is 17.9. The van der Waals surface area contributed by atoms with Crippen molar-refractivity contribution in [2.24, 2.45) is 0 Å². The summed E-state index contributed by atoms with van der Waals surface area (Å²) < 4.78 is 28.4. The van der Waals surface area contributed by atoms with Gasteiger partial charge < -0.3 is 10.2 Å². The van der Waals surface area contributed by atoms with E-state index in [4.69, 9.17) is 46.4 Å². The molecular weight excluding hydrogens is 592 g/mol. The van der Waals surface area contributed by atoms with Crippen LogP contribution in [0.15, 0.2) is 71.6 Å². The lowest BCUT2D eigenvalue weighted by Gasteiger charge is -2.32. The van der Waals surface area contributed by atoms with Gasteiger partial charge in [-0.15, -0.1) is 0 Å². The molecule has 0 aromatic heterocycles. The fourth-order valence-corrected chi connectivity index (χ4v) is 6.00. The Labute approximate surface area is 242 Å². The van der Waals surface area contributed by atoms with Crippen molar-refractivity contribution in [3.63, 3.8) is 0 Å². The van der Waals surface area contributed by atoms with Gasteiger partial charge in [0.25, 0.3) is 10.0 Å². The molecule has 0 bridgehead atoms. The lowest BCUT2D eigenvalue weighted by atomic mass is 10.1. The molecule has 7 nitrogen and oxygen atoms in total. The molecule has 0 unspecified atom stereocenters. The quantitative estimate of drug-likeness (QED) is 0.300. The summed E-state index contributed by atoms with van der Waals surface area (Å²) in [5.74, 6) is -1.07. The molecule has 0 spiro atoms. The first-order valence-corrected chi connectivity index (χ1v) is 14.4. The minimum Gasteiger partial charge on any atom is -0.355 e. The second-order valence-corrected chi connectivity index (χ2v) is 11.8. The minimum absolute atomic E-state index is 0.0199. The molecule has 0 aliphatic heterocycles. The zero-order chi connectivity index (χ0) is 28.0. The minimum atomic E-state index is -4.27. The molecule has 0 saturated carbocycles. The molecule has 0 radical (unpaired) electrons. The van der Waals surface area contributed by atoms with Crippen LogP contribution in [-0.2, 0) is 26.2 Å². The van der Waals surface area contributed by atoms with Gasteiger partial charge in [-0.1, -0.05) is 70.7 Å². The van der Waals surface area contributed by atoms with Crippen molar-refractivity contribution in [1.29, 1.82) is 0 Å². The molecule has 1 N–H and O–H groups in total. The summed E-state index contributed by atoms with van der Waals surface area (Å²) in [7, 11) is -4.27. The average Bonchev–Trinajstić information content (AvgIpc) is 2.88. The van der Waals surface area contributed by atoms with E-state index in [0.717, 1.165) is 4.31 Å². The monoisotopic (exact) mass is 615 g/mol. The third-order valence-corrected chi connectivity index (χ3v) is 8.58. The largest absolute Gasteiger partial charge is 0.355 e. The van der Waals surface area contributed by atoms with Crippen molar-refractivity contribution in [2.75, 3.05) is 17.4 Å². The maximum Gasteiger partial charge on any atom is 0.264 e. The normalized spacial score (nSPS) is 12.1. The SMILES string of the molecule is CCNC(=O)[C@H](C)N(Cc1ccc(Cl)cc1Cl)C(=O)CN(c1cc(Cl)ccc1Cl)S(=O)(=O)c1ccccc1. The van der Waals surface area contributed by atoms with E-state index in [1.54, 1.807) is 44.2 Å². The number of amides is 2. The van der Waals surface area contributed by atoms with Crippen LogP contribution in [-0.4, -0.2) is 44.3 Å². The summed E-state index contributed by atoms with van der Waals surface area (Å²) in [4.78, 5) is 27.8. The van der Waals surface area contributed by atoms with Crippen molar-refractivity contribution in [2.45, 2.75) is 31.3 Å². The number of carbonyl (C=O) groups excluding carboxylic acids is 2. The Morgan fingerprint density at radius 3 is 2.16 bits per heavy atom. The van der Waals surface area contributed by atoms with Gasteiger partial charge in [0.05, 0.1) is 15.6 Å². The Kier molecular flexibility index (Phi) is 10.3. The van der Waals surface area contributed by atoms with Crippen LogP contribution in [0.5, 0.6) is 0 Å². The second kappa shape index (κ2) is 13.0. The smallest absolute Gasteiger partial charge is 0.264 e. The van der Waals surface area contributed by atoms with E-state index in [9.17, 15) is 18.0 Å². The van der Waals surface area contributed by atoms with Crippen molar-refractivity contribution < 1.29 is 18.0 Å². The first kappa shape index (κ1) is 30.1. The topological polar surface area (TPSA) is 86.8 Å². The van der Waals surface area contributed by atoms with Crippen LogP contribution in [0.1, 0.15) is 19.4 Å². The molecule has 0 heterocycles. The van der Waals surface area contributed by atoms with Gasteiger partial charge in [0.2, 0.25) is 11.8 Å². The van der Waals surface area contributed by atoms with Gasteiger partial charge in [-0.05, 0) is 61.9 Å².